The summed E-state index contributed by atoms with van der Waals surface area (Å²) in [4.78, 5) is 10.5. The van der Waals surface area contributed by atoms with Crippen LogP contribution in [0.3, 0.4) is 0 Å². The zero-order valence-electron chi connectivity index (χ0n) is 30.2. The molecule has 8 aromatic carbocycles. The molecule has 3 heterocycles. The van der Waals surface area contributed by atoms with Gasteiger partial charge in [-0.3, -0.25) is 0 Å². The molecular weight excluding hydrogens is 717 g/mol. The lowest BCUT2D eigenvalue weighted by Crippen LogP contribution is -1.97. The van der Waals surface area contributed by atoms with Crippen LogP contribution in [0, 0.1) is 0 Å². The van der Waals surface area contributed by atoms with E-state index in [0.717, 1.165) is 39.2 Å². The maximum Gasteiger partial charge on any atom is 0.160 e. The van der Waals surface area contributed by atoms with Gasteiger partial charge in [-0.15, -0.1) is 22.7 Å². The minimum Gasteiger partial charge on any atom is -0.228 e. The Balaban J connectivity index is 1.03. The molecule has 0 bridgehead atoms. The van der Waals surface area contributed by atoms with Gasteiger partial charge in [-0.05, 0) is 63.7 Å². The first-order chi connectivity index (χ1) is 27.7. The number of benzene rings is 8. The molecule has 0 aliphatic heterocycles. The van der Waals surface area contributed by atoms with Crippen molar-refractivity contribution in [3.63, 3.8) is 0 Å². The zero-order valence-corrected chi connectivity index (χ0v) is 31.8. The fourth-order valence-corrected chi connectivity index (χ4v) is 10.4. The van der Waals surface area contributed by atoms with E-state index in [0.29, 0.717) is 5.82 Å². The zero-order chi connectivity index (χ0) is 37.0. The fraction of sp³-hybridized carbons (Fsp3) is 0. The molecule has 0 saturated heterocycles. The van der Waals surface area contributed by atoms with E-state index < -0.39 is 0 Å². The average molecular weight is 749 g/mol. The van der Waals surface area contributed by atoms with Gasteiger partial charge in [0, 0.05) is 57.0 Å². The Labute approximate surface area is 332 Å². The lowest BCUT2D eigenvalue weighted by atomic mass is 9.95. The normalized spacial score (nSPS) is 11.6. The first-order valence-electron chi connectivity index (χ1n) is 18.8. The Bertz CT molecular complexity index is 3050. The van der Waals surface area contributed by atoms with Crippen LogP contribution in [0.15, 0.2) is 194 Å². The number of nitrogens with zero attached hydrogens (tertiary/aromatic N) is 2. The standard InChI is InChI=1S/C52H32N2S2/c1-2-12-33(13-3-1)38-14-4-5-15-41(38)45-32-44(36-28-24-34(25-29-36)39-18-10-22-48-50(39)42-16-6-8-20-46(42)55-48)53-52(54-45)37-30-26-35(27-31-37)40-19-11-23-49-51(40)43-17-7-9-21-47(43)56-49/h1-32H. The van der Waals surface area contributed by atoms with Gasteiger partial charge in [0.15, 0.2) is 5.82 Å². The van der Waals surface area contributed by atoms with Gasteiger partial charge in [0.2, 0.25) is 0 Å². The van der Waals surface area contributed by atoms with E-state index >= 15 is 0 Å². The smallest absolute Gasteiger partial charge is 0.160 e. The largest absolute Gasteiger partial charge is 0.228 e. The van der Waals surface area contributed by atoms with Crippen LogP contribution in [0.4, 0.5) is 0 Å². The van der Waals surface area contributed by atoms with Crippen LogP contribution in [0.25, 0.3) is 108 Å². The maximum absolute atomic E-state index is 5.28. The second-order valence-corrected chi connectivity index (χ2v) is 16.2. The second kappa shape index (κ2) is 13.5. The van der Waals surface area contributed by atoms with Gasteiger partial charge in [-0.2, -0.15) is 0 Å². The first kappa shape index (κ1) is 32.7. The summed E-state index contributed by atoms with van der Waals surface area (Å²) >= 11 is 3.70. The van der Waals surface area contributed by atoms with Crippen molar-refractivity contribution in [2.45, 2.75) is 0 Å². The van der Waals surface area contributed by atoms with E-state index in [2.05, 4.69) is 194 Å². The van der Waals surface area contributed by atoms with Crippen molar-refractivity contribution in [2.75, 3.05) is 0 Å². The van der Waals surface area contributed by atoms with Crippen molar-refractivity contribution in [3.8, 4) is 67.3 Å². The topological polar surface area (TPSA) is 25.8 Å². The molecule has 0 fully saturated rings. The molecule has 0 aliphatic rings. The lowest BCUT2D eigenvalue weighted by Gasteiger charge is -2.14. The van der Waals surface area contributed by atoms with Crippen molar-refractivity contribution in [1.82, 2.24) is 9.97 Å². The van der Waals surface area contributed by atoms with Crippen LogP contribution in [-0.2, 0) is 0 Å². The van der Waals surface area contributed by atoms with E-state index in [-0.39, 0.29) is 0 Å². The van der Waals surface area contributed by atoms with Gasteiger partial charge in [0.1, 0.15) is 0 Å². The summed E-state index contributed by atoms with van der Waals surface area (Å²) in [6.45, 7) is 0. The highest BCUT2D eigenvalue weighted by Crippen LogP contribution is 2.42. The van der Waals surface area contributed by atoms with Crippen molar-refractivity contribution in [3.05, 3.63) is 194 Å². The van der Waals surface area contributed by atoms with E-state index in [1.54, 1.807) is 0 Å². The number of aromatic nitrogens is 2. The molecule has 2 nitrogen and oxygen atoms in total. The molecule has 0 atom stereocenters. The molecule has 0 radical (unpaired) electrons. The van der Waals surface area contributed by atoms with Gasteiger partial charge in [0.05, 0.1) is 11.4 Å². The minimum atomic E-state index is 0.699. The van der Waals surface area contributed by atoms with Gasteiger partial charge in [-0.25, -0.2) is 9.97 Å². The Morgan fingerprint density at radius 2 is 0.714 bits per heavy atom. The average Bonchev–Trinajstić information content (AvgIpc) is 3.86. The molecule has 56 heavy (non-hydrogen) atoms. The molecule has 0 amide bonds. The Morgan fingerprint density at radius 3 is 1.32 bits per heavy atom. The van der Waals surface area contributed by atoms with E-state index in [9.17, 15) is 0 Å². The third-order valence-electron chi connectivity index (χ3n) is 10.8. The van der Waals surface area contributed by atoms with Crippen LogP contribution >= 0.6 is 22.7 Å². The fourth-order valence-electron chi connectivity index (χ4n) is 8.09. The SMILES string of the molecule is c1ccc(-c2ccccc2-c2cc(-c3ccc(-c4cccc5sc6ccccc6c45)cc3)nc(-c3ccc(-c4cccc5sc6ccccc6c45)cc3)n2)cc1. The summed E-state index contributed by atoms with van der Waals surface area (Å²) in [5, 5.41) is 5.24. The number of hydrogen-bond acceptors (Lipinski definition) is 4. The van der Waals surface area contributed by atoms with E-state index in [4.69, 9.17) is 9.97 Å². The summed E-state index contributed by atoms with van der Waals surface area (Å²) < 4.78 is 5.23. The van der Waals surface area contributed by atoms with Gasteiger partial charge in [-0.1, -0.05) is 164 Å². The molecule has 11 aromatic rings. The molecule has 0 aliphatic carbocycles. The molecule has 11 rings (SSSR count). The molecule has 4 heteroatoms. The van der Waals surface area contributed by atoms with Gasteiger partial charge >= 0.3 is 0 Å². The molecule has 3 aromatic heterocycles. The molecule has 0 unspecified atom stereocenters. The number of hydrogen-bond donors (Lipinski definition) is 0. The summed E-state index contributed by atoms with van der Waals surface area (Å²) in [5.41, 5.74) is 12.0. The Morgan fingerprint density at radius 1 is 0.286 bits per heavy atom. The summed E-state index contributed by atoms with van der Waals surface area (Å²) in [7, 11) is 0. The monoisotopic (exact) mass is 748 g/mol. The second-order valence-electron chi connectivity index (χ2n) is 14.1. The van der Waals surface area contributed by atoms with Crippen LogP contribution in [0.2, 0.25) is 0 Å². The molecule has 0 N–H and O–H groups in total. The predicted octanol–water partition coefficient (Wildman–Crippen LogP) is 15.2. The number of rotatable bonds is 6. The first-order valence-corrected chi connectivity index (χ1v) is 20.4. The Kier molecular flexibility index (Phi) is 7.90. The highest BCUT2D eigenvalue weighted by Gasteiger charge is 2.17. The van der Waals surface area contributed by atoms with E-state index in [1.807, 2.05) is 22.7 Å². The lowest BCUT2D eigenvalue weighted by molar-refractivity contribution is 1.18. The molecule has 262 valence electrons. The van der Waals surface area contributed by atoms with Crippen molar-refractivity contribution in [2.24, 2.45) is 0 Å². The van der Waals surface area contributed by atoms with Crippen LogP contribution in [0.1, 0.15) is 0 Å². The summed E-state index contributed by atoms with van der Waals surface area (Å²) in [5.74, 6) is 0.699. The van der Waals surface area contributed by atoms with Gasteiger partial charge < -0.3 is 0 Å². The molecule has 0 spiro atoms. The highest BCUT2D eigenvalue weighted by atomic mass is 32.1. The third kappa shape index (κ3) is 5.62. The third-order valence-corrected chi connectivity index (χ3v) is 13.0. The number of thiophene rings is 2. The Hall–Kier alpha value is -6.72. The van der Waals surface area contributed by atoms with Crippen molar-refractivity contribution in [1.29, 1.82) is 0 Å². The summed E-state index contributed by atoms with van der Waals surface area (Å²) in [6.07, 6.45) is 0. The van der Waals surface area contributed by atoms with Crippen molar-refractivity contribution >= 4 is 63.0 Å². The van der Waals surface area contributed by atoms with Crippen LogP contribution in [-0.4, -0.2) is 9.97 Å². The highest BCUT2D eigenvalue weighted by molar-refractivity contribution is 7.26. The van der Waals surface area contributed by atoms with E-state index in [1.165, 1.54) is 62.6 Å². The van der Waals surface area contributed by atoms with Crippen molar-refractivity contribution < 1.29 is 0 Å². The molecular formula is C52H32N2S2. The maximum atomic E-state index is 5.28. The van der Waals surface area contributed by atoms with Crippen LogP contribution in [0.5, 0.6) is 0 Å². The minimum absolute atomic E-state index is 0.699. The van der Waals surface area contributed by atoms with Crippen LogP contribution < -0.4 is 0 Å². The predicted molar refractivity (Wildman–Crippen MR) is 240 cm³/mol. The summed E-state index contributed by atoms with van der Waals surface area (Å²) in [6, 6.07) is 69.6. The number of fused-ring (bicyclic) bond motifs is 6. The molecule has 0 saturated carbocycles. The quantitative estimate of drug-likeness (QED) is 0.169. The van der Waals surface area contributed by atoms with Gasteiger partial charge in [0.25, 0.3) is 0 Å².